The molecule has 1 aliphatic rings. The standard InChI is InChI=1S/C16H24N2O/c1-2-3-4-7-12-18-13-8-10-15(17-19)14-9-5-6-11-16(14)18/h5-6,9,11,19H,2-4,7-8,10,12-13H2,1H3/b17-15-. The molecule has 0 saturated carbocycles. The van der Waals surface area contributed by atoms with E-state index in [-0.39, 0.29) is 0 Å². The molecule has 1 N–H and O–H groups in total. The van der Waals surface area contributed by atoms with Crippen LogP contribution in [0.2, 0.25) is 0 Å². The summed E-state index contributed by atoms with van der Waals surface area (Å²) < 4.78 is 0. The van der Waals surface area contributed by atoms with Crippen LogP contribution in [0.5, 0.6) is 0 Å². The van der Waals surface area contributed by atoms with Gasteiger partial charge >= 0.3 is 0 Å². The van der Waals surface area contributed by atoms with Gasteiger partial charge < -0.3 is 10.1 Å². The van der Waals surface area contributed by atoms with Gasteiger partial charge in [0.25, 0.3) is 0 Å². The van der Waals surface area contributed by atoms with Gasteiger partial charge in [0.1, 0.15) is 0 Å². The highest BCUT2D eigenvalue weighted by atomic mass is 16.4. The van der Waals surface area contributed by atoms with Crippen molar-refractivity contribution in [1.82, 2.24) is 0 Å². The summed E-state index contributed by atoms with van der Waals surface area (Å²) in [6.07, 6.45) is 7.06. The maximum Gasteiger partial charge on any atom is 0.0889 e. The minimum absolute atomic E-state index is 0.826. The summed E-state index contributed by atoms with van der Waals surface area (Å²) in [5.41, 5.74) is 3.15. The summed E-state index contributed by atoms with van der Waals surface area (Å²) in [4.78, 5) is 2.45. The molecule has 1 heterocycles. The molecule has 2 rings (SSSR count). The van der Waals surface area contributed by atoms with Gasteiger partial charge in [-0.1, -0.05) is 49.5 Å². The Bertz CT molecular complexity index is 429. The Hall–Kier alpha value is -1.51. The Morgan fingerprint density at radius 3 is 2.84 bits per heavy atom. The van der Waals surface area contributed by atoms with Crippen molar-refractivity contribution in [1.29, 1.82) is 0 Å². The molecule has 0 spiro atoms. The van der Waals surface area contributed by atoms with Crippen LogP contribution >= 0.6 is 0 Å². The molecule has 0 radical (unpaired) electrons. The van der Waals surface area contributed by atoms with Crippen LogP contribution < -0.4 is 4.90 Å². The molecule has 19 heavy (non-hydrogen) atoms. The van der Waals surface area contributed by atoms with Gasteiger partial charge in [-0.2, -0.15) is 0 Å². The number of benzene rings is 1. The van der Waals surface area contributed by atoms with Gasteiger partial charge in [0.05, 0.1) is 5.71 Å². The molecule has 0 aliphatic carbocycles. The zero-order valence-electron chi connectivity index (χ0n) is 11.8. The van der Waals surface area contributed by atoms with Gasteiger partial charge in [0.2, 0.25) is 0 Å². The second-order valence-corrected chi connectivity index (χ2v) is 5.22. The number of anilines is 1. The van der Waals surface area contributed by atoms with Crippen LogP contribution in [0.4, 0.5) is 5.69 Å². The molecule has 0 fully saturated rings. The van der Waals surface area contributed by atoms with Crippen molar-refractivity contribution in [3.63, 3.8) is 0 Å². The summed E-state index contributed by atoms with van der Waals surface area (Å²) >= 11 is 0. The predicted octanol–water partition coefficient (Wildman–Crippen LogP) is 4.05. The predicted molar refractivity (Wildman–Crippen MR) is 80.4 cm³/mol. The molecule has 0 amide bonds. The van der Waals surface area contributed by atoms with Gasteiger partial charge in [0.15, 0.2) is 0 Å². The molecule has 0 aromatic heterocycles. The summed E-state index contributed by atoms with van der Waals surface area (Å²) in [7, 11) is 0. The SMILES string of the molecule is CCCCCCN1CCC/C(=N/O)c2ccccc21. The van der Waals surface area contributed by atoms with Crippen molar-refractivity contribution in [3.8, 4) is 0 Å². The number of rotatable bonds is 5. The van der Waals surface area contributed by atoms with E-state index in [1.54, 1.807) is 0 Å². The third-order valence-electron chi connectivity index (χ3n) is 3.80. The third kappa shape index (κ3) is 3.49. The van der Waals surface area contributed by atoms with Crippen LogP contribution in [0.1, 0.15) is 51.0 Å². The van der Waals surface area contributed by atoms with Crippen LogP contribution in [0.3, 0.4) is 0 Å². The summed E-state index contributed by atoms with van der Waals surface area (Å²) in [5, 5.41) is 12.6. The average molecular weight is 260 g/mol. The Morgan fingerprint density at radius 2 is 2.05 bits per heavy atom. The highest BCUT2D eigenvalue weighted by Crippen LogP contribution is 2.26. The van der Waals surface area contributed by atoms with Crippen molar-refractivity contribution in [2.24, 2.45) is 5.16 Å². The largest absolute Gasteiger partial charge is 0.411 e. The lowest BCUT2D eigenvalue weighted by Gasteiger charge is -2.24. The normalized spacial score (nSPS) is 17.3. The van der Waals surface area contributed by atoms with Crippen molar-refractivity contribution in [2.45, 2.75) is 45.4 Å². The van der Waals surface area contributed by atoms with Crippen LogP contribution in [0.15, 0.2) is 29.4 Å². The zero-order valence-corrected chi connectivity index (χ0v) is 11.8. The quantitative estimate of drug-likeness (QED) is 0.492. The van der Waals surface area contributed by atoms with Gasteiger partial charge in [-0.05, 0) is 25.3 Å². The molecule has 0 atom stereocenters. The fourth-order valence-corrected chi connectivity index (χ4v) is 2.75. The highest BCUT2D eigenvalue weighted by Gasteiger charge is 2.18. The Labute approximate surface area is 115 Å². The number of nitrogens with zero attached hydrogens (tertiary/aromatic N) is 2. The molecule has 0 bridgehead atoms. The topological polar surface area (TPSA) is 35.8 Å². The molecule has 0 saturated heterocycles. The van der Waals surface area contributed by atoms with E-state index in [1.807, 2.05) is 6.07 Å². The summed E-state index contributed by atoms with van der Waals surface area (Å²) in [6, 6.07) is 8.29. The minimum Gasteiger partial charge on any atom is -0.411 e. The van der Waals surface area contributed by atoms with E-state index in [1.165, 1.54) is 31.4 Å². The van der Waals surface area contributed by atoms with E-state index >= 15 is 0 Å². The molecule has 3 nitrogen and oxygen atoms in total. The van der Waals surface area contributed by atoms with Gasteiger partial charge in [0, 0.05) is 24.3 Å². The maximum atomic E-state index is 9.16. The van der Waals surface area contributed by atoms with E-state index in [0.717, 1.165) is 37.2 Å². The van der Waals surface area contributed by atoms with E-state index < -0.39 is 0 Å². The van der Waals surface area contributed by atoms with Crippen LogP contribution in [-0.4, -0.2) is 24.0 Å². The van der Waals surface area contributed by atoms with E-state index in [0.29, 0.717) is 0 Å². The molecular formula is C16H24N2O. The summed E-state index contributed by atoms with van der Waals surface area (Å²) in [5.74, 6) is 0. The second-order valence-electron chi connectivity index (χ2n) is 5.22. The fraction of sp³-hybridized carbons (Fsp3) is 0.562. The van der Waals surface area contributed by atoms with Crippen molar-refractivity contribution in [2.75, 3.05) is 18.0 Å². The molecule has 3 heteroatoms. The van der Waals surface area contributed by atoms with Crippen LogP contribution in [-0.2, 0) is 0 Å². The lowest BCUT2D eigenvalue weighted by Crippen LogP contribution is -2.25. The van der Waals surface area contributed by atoms with Crippen LogP contribution in [0.25, 0.3) is 0 Å². The number of para-hydroxylation sites is 1. The van der Waals surface area contributed by atoms with E-state index in [2.05, 4.69) is 35.2 Å². The molecule has 104 valence electrons. The van der Waals surface area contributed by atoms with Crippen LogP contribution in [0, 0.1) is 0 Å². The number of fused-ring (bicyclic) bond motifs is 1. The Morgan fingerprint density at radius 1 is 1.21 bits per heavy atom. The average Bonchev–Trinajstić information content (AvgIpc) is 2.63. The van der Waals surface area contributed by atoms with Gasteiger partial charge in [-0.3, -0.25) is 0 Å². The Kier molecular flexibility index (Phi) is 5.25. The molecule has 1 aromatic rings. The fourth-order valence-electron chi connectivity index (χ4n) is 2.75. The number of oxime groups is 1. The number of unbranched alkanes of at least 4 members (excludes halogenated alkanes) is 3. The molecular weight excluding hydrogens is 236 g/mol. The van der Waals surface area contributed by atoms with Gasteiger partial charge in [-0.25, -0.2) is 0 Å². The lowest BCUT2D eigenvalue weighted by molar-refractivity contribution is 0.318. The molecule has 0 unspecified atom stereocenters. The second kappa shape index (κ2) is 7.17. The monoisotopic (exact) mass is 260 g/mol. The van der Waals surface area contributed by atoms with Crippen molar-refractivity contribution >= 4 is 11.4 Å². The highest BCUT2D eigenvalue weighted by molar-refractivity contribution is 6.05. The third-order valence-corrected chi connectivity index (χ3v) is 3.80. The first-order valence-electron chi connectivity index (χ1n) is 7.42. The zero-order chi connectivity index (χ0) is 13.5. The number of hydrogen-bond acceptors (Lipinski definition) is 3. The van der Waals surface area contributed by atoms with E-state index in [4.69, 9.17) is 5.21 Å². The number of hydrogen-bond donors (Lipinski definition) is 1. The van der Waals surface area contributed by atoms with Crippen molar-refractivity contribution in [3.05, 3.63) is 29.8 Å². The minimum atomic E-state index is 0.826. The van der Waals surface area contributed by atoms with Crippen molar-refractivity contribution < 1.29 is 5.21 Å². The lowest BCUT2D eigenvalue weighted by atomic mass is 10.1. The first-order chi connectivity index (χ1) is 9.36. The molecule has 1 aliphatic heterocycles. The first kappa shape index (κ1) is 13.9. The maximum absolute atomic E-state index is 9.16. The summed E-state index contributed by atoms with van der Waals surface area (Å²) in [6.45, 7) is 4.41. The van der Waals surface area contributed by atoms with Gasteiger partial charge in [-0.15, -0.1) is 0 Å². The first-order valence-corrected chi connectivity index (χ1v) is 7.42. The smallest absolute Gasteiger partial charge is 0.0889 e. The molecule has 1 aromatic carbocycles. The Balaban J connectivity index is 2.12. The van der Waals surface area contributed by atoms with E-state index in [9.17, 15) is 0 Å².